The minimum atomic E-state index is -3.71. The zero-order valence-electron chi connectivity index (χ0n) is 11.6. The van der Waals surface area contributed by atoms with E-state index in [0.717, 1.165) is 23.6 Å². The van der Waals surface area contributed by atoms with Gasteiger partial charge in [0.15, 0.2) is 0 Å². The van der Waals surface area contributed by atoms with E-state index in [9.17, 15) is 18.3 Å². The van der Waals surface area contributed by atoms with Crippen molar-refractivity contribution in [1.82, 2.24) is 0 Å². The molecule has 0 saturated heterocycles. The zero-order valence-corrected chi connectivity index (χ0v) is 12.4. The lowest BCUT2D eigenvalue weighted by molar-refractivity contribution is -0.135. The van der Waals surface area contributed by atoms with E-state index in [2.05, 4.69) is 0 Å². The molecule has 0 bridgehead atoms. The van der Waals surface area contributed by atoms with Gasteiger partial charge in [-0.1, -0.05) is 19.3 Å². The van der Waals surface area contributed by atoms with Gasteiger partial charge in [0.25, 0.3) is 0 Å². The summed E-state index contributed by atoms with van der Waals surface area (Å²) in [4.78, 5) is 11.0. The monoisotopic (exact) mass is 313 g/mol. The molecule has 0 heterocycles. The first-order chi connectivity index (χ1) is 9.91. The lowest BCUT2D eigenvalue weighted by atomic mass is 10.0. The van der Waals surface area contributed by atoms with E-state index >= 15 is 0 Å². The highest BCUT2D eigenvalue weighted by molar-refractivity contribution is 7.93. The molecule has 0 amide bonds. The van der Waals surface area contributed by atoms with Gasteiger partial charge in [-0.05, 0) is 37.1 Å². The van der Waals surface area contributed by atoms with Crippen molar-refractivity contribution in [2.24, 2.45) is 0 Å². The van der Waals surface area contributed by atoms with Crippen LogP contribution in [-0.2, 0) is 14.8 Å². The van der Waals surface area contributed by atoms with Gasteiger partial charge in [-0.15, -0.1) is 0 Å². The third-order valence-corrected chi connectivity index (χ3v) is 5.97. The number of aromatic hydroxyl groups is 1. The fourth-order valence-electron chi connectivity index (χ4n) is 2.61. The summed E-state index contributed by atoms with van der Waals surface area (Å²) in [5, 5.41) is 17.8. The van der Waals surface area contributed by atoms with Crippen molar-refractivity contribution in [1.29, 1.82) is 0 Å². The van der Waals surface area contributed by atoms with Gasteiger partial charge in [0.1, 0.15) is 12.3 Å². The smallest absolute Gasteiger partial charge is 0.324 e. The molecule has 1 aliphatic rings. The molecule has 116 valence electrons. The van der Waals surface area contributed by atoms with Crippen LogP contribution in [0.4, 0.5) is 5.69 Å². The molecule has 1 aromatic rings. The third-order valence-electron chi connectivity index (χ3n) is 3.70. The molecule has 0 atom stereocenters. The highest BCUT2D eigenvalue weighted by atomic mass is 32.2. The molecule has 0 unspecified atom stereocenters. The highest BCUT2D eigenvalue weighted by Gasteiger charge is 2.34. The maximum absolute atomic E-state index is 12.7. The van der Waals surface area contributed by atoms with Crippen LogP contribution in [0.5, 0.6) is 5.75 Å². The summed E-state index contributed by atoms with van der Waals surface area (Å²) >= 11 is 0. The Labute approximate surface area is 124 Å². The second kappa shape index (κ2) is 6.34. The topological polar surface area (TPSA) is 94.9 Å². The molecule has 2 rings (SSSR count). The summed E-state index contributed by atoms with van der Waals surface area (Å²) in [6.45, 7) is -0.608. The Morgan fingerprint density at radius 1 is 1.14 bits per heavy atom. The van der Waals surface area contributed by atoms with Crippen molar-refractivity contribution in [3.63, 3.8) is 0 Å². The molecular formula is C14H19NO5S. The number of rotatable bonds is 5. The van der Waals surface area contributed by atoms with Crippen molar-refractivity contribution in [3.8, 4) is 5.75 Å². The van der Waals surface area contributed by atoms with Crippen LogP contribution in [0.2, 0.25) is 0 Å². The van der Waals surface area contributed by atoms with Crippen molar-refractivity contribution in [3.05, 3.63) is 24.3 Å². The fourth-order valence-corrected chi connectivity index (χ4v) is 4.61. The normalized spacial score (nSPS) is 16.6. The summed E-state index contributed by atoms with van der Waals surface area (Å²) in [5.74, 6) is -1.20. The van der Waals surface area contributed by atoms with E-state index in [-0.39, 0.29) is 11.4 Å². The number of aliphatic carboxylic acids is 1. The van der Waals surface area contributed by atoms with Gasteiger partial charge < -0.3 is 10.2 Å². The molecule has 1 saturated carbocycles. The summed E-state index contributed by atoms with van der Waals surface area (Å²) in [7, 11) is -3.71. The molecule has 1 aromatic carbocycles. The Hall–Kier alpha value is -1.76. The summed E-state index contributed by atoms with van der Waals surface area (Å²) in [6.07, 6.45) is 3.85. The number of phenols is 1. The summed E-state index contributed by atoms with van der Waals surface area (Å²) in [6, 6.07) is 5.53. The van der Waals surface area contributed by atoms with Crippen LogP contribution in [0.3, 0.4) is 0 Å². The maximum Gasteiger partial charge on any atom is 0.324 e. The van der Waals surface area contributed by atoms with Crippen molar-refractivity contribution in [2.75, 3.05) is 10.8 Å². The first-order valence-corrected chi connectivity index (χ1v) is 8.44. The summed E-state index contributed by atoms with van der Waals surface area (Å²) in [5.41, 5.74) is 0.265. The number of anilines is 1. The maximum atomic E-state index is 12.7. The Bertz CT molecular complexity index is 590. The van der Waals surface area contributed by atoms with Gasteiger partial charge in [-0.2, -0.15) is 0 Å². The Morgan fingerprint density at radius 3 is 2.24 bits per heavy atom. The number of nitrogens with zero attached hydrogens (tertiary/aromatic N) is 1. The van der Waals surface area contributed by atoms with Crippen LogP contribution < -0.4 is 4.31 Å². The van der Waals surface area contributed by atoms with Crippen molar-refractivity contribution < 1.29 is 23.4 Å². The molecule has 0 aromatic heterocycles. The van der Waals surface area contributed by atoms with E-state index in [0.29, 0.717) is 12.8 Å². The third kappa shape index (κ3) is 3.66. The Balaban J connectivity index is 2.34. The lowest BCUT2D eigenvalue weighted by Crippen LogP contribution is -2.42. The van der Waals surface area contributed by atoms with E-state index in [1.165, 1.54) is 24.3 Å². The number of hydrogen-bond donors (Lipinski definition) is 2. The van der Waals surface area contributed by atoms with Crippen LogP contribution in [0.25, 0.3) is 0 Å². The minimum Gasteiger partial charge on any atom is -0.508 e. The standard InChI is InChI=1S/C14H19NO5S/c16-12-8-6-11(7-9-12)15(10-14(17)18)21(19,20)13-4-2-1-3-5-13/h6-9,13,16H,1-5,10H2,(H,17,18). The number of carboxylic acid groups (broad SMARTS) is 1. The van der Waals surface area contributed by atoms with E-state index in [1.54, 1.807) is 0 Å². The molecule has 0 radical (unpaired) electrons. The van der Waals surface area contributed by atoms with Crippen molar-refractivity contribution >= 4 is 21.7 Å². The second-order valence-electron chi connectivity index (χ2n) is 5.22. The minimum absolute atomic E-state index is 0.00379. The average molecular weight is 313 g/mol. The number of carbonyl (C=O) groups is 1. The number of carboxylic acids is 1. The molecule has 0 aliphatic heterocycles. The second-order valence-corrected chi connectivity index (χ2v) is 7.36. The first-order valence-electron chi connectivity index (χ1n) is 6.93. The Kier molecular flexibility index (Phi) is 4.72. The van der Waals surface area contributed by atoms with Crippen LogP contribution in [0.1, 0.15) is 32.1 Å². The van der Waals surface area contributed by atoms with Gasteiger partial charge in [-0.3, -0.25) is 9.10 Å². The van der Waals surface area contributed by atoms with Crippen LogP contribution in [0.15, 0.2) is 24.3 Å². The van der Waals surface area contributed by atoms with Gasteiger partial charge in [0.2, 0.25) is 10.0 Å². The molecule has 21 heavy (non-hydrogen) atoms. The SMILES string of the molecule is O=C(O)CN(c1ccc(O)cc1)S(=O)(=O)C1CCCCC1. The number of phenolic OH excluding ortho intramolecular Hbond substituents is 1. The molecule has 1 aliphatic carbocycles. The van der Waals surface area contributed by atoms with Gasteiger partial charge in [0, 0.05) is 0 Å². The average Bonchev–Trinajstić information content (AvgIpc) is 2.46. The Morgan fingerprint density at radius 2 is 1.71 bits per heavy atom. The van der Waals surface area contributed by atoms with Crippen LogP contribution in [-0.4, -0.2) is 36.4 Å². The highest BCUT2D eigenvalue weighted by Crippen LogP contribution is 2.29. The van der Waals surface area contributed by atoms with Crippen LogP contribution in [0, 0.1) is 0 Å². The van der Waals surface area contributed by atoms with E-state index in [4.69, 9.17) is 5.11 Å². The number of sulfonamides is 1. The lowest BCUT2D eigenvalue weighted by Gasteiger charge is -2.30. The molecule has 1 fully saturated rings. The molecular weight excluding hydrogens is 294 g/mol. The van der Waals surface area contributed by atoms with Gasteiger partial charge in [-0.25, -0.2) is 8.42 Å². The number of benzene rings is 1. The predicted molar refractivity (Wildman–Crippen MR) is 78.9 cm³/mol. The fraction of sp³-hybridized carbons (Fsp3) is 0.500. The quantitative estimate of drug-likeness (QED) is 0.866. The zero-order chi connectivity index (χ0) is 15.5. The van der Waals surface area contributed by atoms with Crippen LogP contribution >= 0.6 is 0 Å². The molecule has 0 spiro atoms. The predicted octanol–water partition coefficient (Wildman–Crippen LogP) is 1.95. The van der Waals surface area contributed by atoms with Gasteiger partial charge >= 0.3 is 5.97 Å². The molecule has 2 N–H and O–H groups in total. The molecule has 6 nitrogen and oxygen atoms in total. The molecule has 7 heteroatoms. The summed E-state index contributed by atoms with van der Waals surface area (Å²) < 4.78 is 26.3. The van der Waals surface area contributed by atoms with Crippen molar-refractivity contribution in [2.45, 2.75) is 37.4 Å². The van der Waals surface area contributed by atoms with Gasteiger partial charge in [0.05, 0.1) is 10.9 Å². The van der Waals surface area contributed by atoms with E-state index in [1.807, 2.05) is 0 Å². The largest absolute Gasteiger partial charge is 0.508 e. The van der Waals surface area contributed by atoms with E-state index < -0.39 is 27.8 Å². The number of hydrogen-bond acceptors (Lipinski definition) is 4. The first kappa shape index (κ1) is 15.6.